The van der Waals surface area contributed by atoms with Gasteiger partial charge in [-0.3, -0.25) is 4.79 Å². The highest BCUT2D eigenvalue weighted by atomic mass is 35.5. The first-order valence-electron chi connectivity index (χ1n) is 6.00. The lowest BCUT2D eigenvalue weighted by molar-refractivity contribution is 0.101. The summed E-state index contributed by atoms with van der Waals surface area (Å²) in [7, 11) is 0. The summed E-state index contributed by atoms with van der Waals surface area (Å²) in [4.78, 5) is 11.7. The van der Waals surface area contributed by atoms with E-state index in [0.29, 0.717) is 17.1 Å². The van der Waals surface area contributed by atoms with Crippen molar-refractivity contribution >= 4 is 17.4 Å². The molecule has 0 aliphatic heterocycles. The van der Waals surface area contributed by atoms with Crippen LogP contribution in [0.1, 0.15) is 38.1 Å². The third kappa shape index (κ3) is 4.22. The van der Waals surface area contributed by atoms with E-state index in [-0.39, 0.29) is 23.9 Å². The first-order valence-corrected chi connectivity index (χ1v) is 6.54. The average Bonchev–Trinajstić information content (AvgIpc) is 2.26. The fourth-order valence-electron chi connectivity index (χ4n) is 1.50. The minimum absolute atomic E-state index is 0.0128. The zero-order valence-corrected chi connectivity index (χ0v) is 12.0. The molecule has 0 spiro atoms. The van der Waals surface area contributed by atoms with E-state index in [1.54, 1.807) is 18.2 Å². The highest BCUT2D eigenvalue weighted by Gasteiger charge is 2.14. The first kappa shape index (κ1) is 14.8. The highest BCUT2D eigenvalue weighted by Crippen LogP contribution is 2.27. The maximum Gasteiger partial charge on any atom is 0.181 e. The Balaban J connectivity index is 3.07. The molecule has 0 saturated carbocycles. The van der Waals surface area contributed by atoms with Gasteiger partial charge in [-0.1, -0.05) is 0 Å². The van der Waals surface area contributed by atoms with Gasteiger partial charge in [-0.15, -0.1) is 11.6 Å². The Labute approximate surface area is 113 Å². The second kappa shape index (κ2) is 6.64. The van der Waals surface area contributed by atoms with Gasteiger partial charge in [-0.25, -0.2) is 0 Å². The van der Waals surface area contributed by atoms with Crippen LogP contribution in [0.15, 0.2) is 18.2 Å². The SMILES string of the molecule is CC(C)Oc1ccc(C(=O)CCl)c(OC(C)C)c1. The van der Waals surface area contributed by atoms with Crippen molar-refractivity contribution in [2.24, 2.45) is 0 Å². The van der Waals surface area contributed by atoms with Crippen LogP contribution in [0.25, 0.3) is 0 Å². The van der Waals surface area contributed by atoms with Crippen LogP contribution in [0.2, 0.25) is 0 Å². The van der Waals surface area contributed by atoms with Crippen molar-refractivity contribution in [3.05, 3.63) is 23.8 Å². The molecule has 1 aromatic rings. The summed E-state index contributed by atoms with van der Waals surface area (Å²) in [5.41, 5.74) is 0.495. The van der Waals surface area contributed by atoms with Crippen molar-refractivity contribution in [2.75, 3.05) is 5.88 Å². The molecule has 0 radical (unpaired) electrons. The number of carbonyl (C=O) groups is 1. The molecule has 4 heteroatoms. The molecule has 18 heavy (non-hydrogen) atoms. The number of halogens is 1. The van der Waals surface area contributed by atoms with Crippen LogP contribution in [0, 0.1) is 0 Å². The van der Waals surface area contributed by atoms with E-state index in [0.717, 1.165) is 0 Å². The zero-order valence-electron chi connectivity index (χ0n) is 11.2. The van der Waals surface area contributed by atoms with Crippen molar-refractivity contribution in [3.8, 4) is 11.5 Å². The van der Waals surface area contributed by atoms with Gasteiger partial charge in [0.1, 0.15) is 11.5 Å². The van der Waals surface area contributed by atoms with Gasteiger partial charge in [-0.2, -0.15) is 0 Å². The van der Waals surface area contributed by atoms with Crippen molar-refractivity contribution in [1.29, 1.82) is 0 Å². The lowest BCUT2D eigenvalue weighted by atomic mass is 10.1. The zero-order chi connectivity index (χ0) is 13.7. The summed E-state index contributed by atoms with van der Waals surface area (Å²) in [6.45, 7) is 7.71. The Kier molecular flexibility index (Phi) is 5.48. The number of hydrogen-bond donors (Lipinski definition) is 0. The van der Waals surface area contributed by atoms with Gasteiger partial charge in [0.15, 0.2) is 5.78 Å². The predicted octanol–water partition coefficient (Wildman–Crippen LogP) is 3.68. The van der Waals surface area contributed by atoms with Crippen LogP contribution in [0.3, 0.4) is 0 Å². The quantitative estimate of drug-likeness (QED) is 0.584. The van der Waals surface area contributed by atoms with E-state index < -0.39 is 0 Å². The molecule has 0 fully saturated rings. The highest BCUT2D eigenvalue weighted by molar-refractivity contribution is 6.30. The summed E-state index contributed by atoms with van der Waals surface area (Å²) >= 11 is 5.58. The molecule has 1 rings (SSSR count). The van der Waals surface area contributed by atoms with Crippen molar-refractivity contribution in [3.63, 3.8) is 0 Å². The summed E-state index contributed by atoms with van der Waals surface area (Å²) in [5.74, 6) is 1.00. The number of rotatable bonds is 6. The van der Waals surface area contributed by atoms with Crippen LogP contribution in [0.4, 0.5) is 0 Å². The third-order valence-corrected chi connectivity index (χ3v) is 2.35. The van der Waals surface area contributed by atoms with Gasteiger partial charge in [0.2, 0.25) is 0 Å². The molecule has 3 nitrogen and oxygen atoms in total. The Morgan fingerprint density at radius 2 is 1.78 bits per heavy atom. The minimum Gasteiger partial charge on any atom is -0.491 e. The standard InChI is InChI=1S/C14H19ClO3/c1-9(2)17-11-5-6-12(13(16)8-15)14(7-11)18-10(3)4/h5-7,9-10H,8H2,1-4H3. The molecule has 0 aliphatic rings. The van der Waals surface area contributed by atoms with Gasteiger partial charge in [0, 0.05) is 6.07 Å². The number of alkyl halides is 1. The van der Waals surface area contributed by atoms with Crippen LogP contribution in [-0.2, 0) is 0 Å². The Bertz CT molecular complexity index is 414. The second-order valence-electron chi connectivity index (χ2n) is 4.55. The molecule has 0 bridgehead atoms. The van der Waals surface area contributed by atoms with E-state index in [1.807, 2.05) is 27.7 Å². The molecule has 0 atom stereocenters. The van der Waals surface area contributed by atoms with Gasteiger partial charge >= 0.3 is 0 Å². The number of hydrogen-bond acceptors (Lipinski definition) is 3. The predicted molar refractivity (Wildman–Crippen MR) is 73.0 cm³/mol. The Morgan fingerprint density at radius 1 is 1.17 bits per heavy atom. The molecule has 0 aromatic heterocycles. The number of ketones is 1. The maximum absolute atomic E-state index is 11.7. The van der Waals surface area contributed by atoms with Crippen LogP contribution >= 0.6 is 11.6 Å². The van der Waals surface area contributed by atoms with Crippen LogP contribution in [-0.4, -0.2) is 23.9 Å². The Hall–Kier alpha value is -1.22. The van der Waals surface area contributed by atoms with E-state index in [9.17, 15) is 4.79 Å². The smallest absolute Gasteiger partial charge is 0.181 e. The van der Waals surface area contributed by atoms with E-state index >= 15 is 0 Å². The summed E-state index contributed by atoms with van der Waals surface area (Å²) in [6, 6.07) is 5.19. The number of benzene rings is 1. The molecule has 0 aliphatic carbocycles. The number of Topliss-reactive ketones (excluding diaryl/α,β-unsaturated/α-hetero) is 1. The van der Waals surface area contributed by atoms with Gasteiger partial charge in [0.25, 0.3) is 0 Å². The molecular weight excluding hydrogens is 252 g/mol. The number of carbonyl (C=O) groups excluding carboxylic acids is 1. The lowest BCUT2D eigenvalue weighted by Crippen LogP contribution is -2.12. The monoisotopic (exact) mass is 270 g/mol. The molecule has 0 saturated heterocycles. The molecule has 100 valence electrons. The number of ether oxygens (including phenoxy) is 2. The summed E-state index contributed by atoms with van der Waals surface area (Å²) in [5, 5.41) is 0. The van der Waals surface area contributed by atoms with Crippen LogP contribution in [0.5, 0.6) is 11.5 Å². The Morgan fingerprint density at radius 3 is 2.28 bits per heavy atom. The second-order valence-corrected chi connectivity index (χ2v) is 4.82. The molecule has 0 heterocycles. The molecular formula is C14H19ClO3. The van der Waals surface area contributed by atoms with E-state index in [4.69, 9.17) is 21.1 Å². The van der Waals surface area contributed by atoms with Crippen LogP contribution < -0.4 is 9.47 Å². The molecule has 1 aromatic carbocycles. The van der Waals surface area contributed by atoms with Crippen molar-refractivity contribution in [1.82, 2.24) is 0 Å². The molecule has 0 amide bonds. The largest absolute Gasteiger partial charge is 0.491 e. The molecule has 0 unspecified atom stereocenters. The van der Waals surface area contributed by atoms with Crippen molar-refractivity contribution in [2.45, 2.75) is 39.9 Å². The fourth-order valence-corrected chi connectivity index (χ4v) is 1.65. The topological polar surface area (TPSA) is 35.5 Å². The summed E-state index contributed by atoms with van der Waals surface area (Å²) < 4.78 is 11.2. The van der Waals surface area contributed by atoms with E-state index in [2.05, 4.69) is 0 Å². The minimum atomic E-state index is -0.150. The normalized spacial score (nSPS) is 10.8. The van der Waals surface area contributed by atoms with Crippen molar-refractivity contribution < 1.29 is 14.3 Å². The first-order chi connectivity index (χ1) is 8.43. The molecule has 0 N–H and O–H groups in total. The van der Waals surface area contributed by atoms with Gasteiger partial charge < -0.3 is 9.47 Å². The fraction of sp³-hybridized carbons (Fsp3) is 0.500. The summed E-state index contributed by atoms with van der Waals surface area (Å²) in [6.07, 6.45) is 0.0626. The third-order valence-electron chi connectivity index (χ3n) is 2.11. The van der Waals surface area contributed by atoms with E-state index in [1.165, 1.54) is 0 Å². The van der Waals surface area contributed by atoms with Gasteiger partial charge in [-0.05, 0) is 39.8 Å². The lowest BCUT2D eigenvalue weighted by Gasteiger charge is -2.16. The van der Waals surface area contributed by atoms with Gasteiger partial charge in [0.05, 0.1) is 23.7 Å². The average molecular weight is 271 g/mol. The maximum atomic E-state index is 11.7.